The molecule has 2 saturated carbocycles. The van der Waals surface area contributed by atoms with Gasteiger partial charge in [-0.05, 0) is 62.4 Å². The summed E-state index contributed by atoms with van der Waals surface area (Å²) in [6, 6.07) is 0. The molecule has 0 aromatic heterocycles. The van der Waals surface area contributed by atoms with Crippen LogP contribution >= 0.6 is 0 Å². The number of Topliss-reactive ketones (excluding diaryl/α,β-unsaturated/α-hetero) is 2. The Morgan fingerprint density at radius 3 is 2.51 bits per heavy atom. The van der Waals surface area contributed by atoms with Crippen LogP contribution in [0.3, 0.4) is 0 Å². The summed E-state index contributed by atoms with van der Waals surface area (Å²) in [5.74, 6) is -2.46. The van der Waals surface area contributed by atoms with E-state index in [1.165, 1.54) is 6.92 Å². The van der Waals surface area contributed by atoms with Crippen LogP contribution in [0.5, 0.6) is 0 Å². The van der Waals surface area contributed by atoms with Crippen molar-refractivity contribution in [3.8, 4) is 0 Å². The Morgan fingerprint density at radius 1 is 1.14 bits per heavy atom. The van der Waals surface area contributed by atoms with Gasteiger partial charge in [-0.15, -0.1) is 0 Å². The van der Waals surface area contributed by atoms with Crippen LogP contribution in [0.1, 0.15) is 59.8 Å². The van der Waals surface area contributed by atoms with Crippen molar-refractivity contribution < 1.29 is 34.4 Å². The first-order valence-electron chi connectivity index (χ1n) is 13.1. The maximum atomic E-state index is 14.0. The van der Waals surface area contributed by atoms with Gasteiger partial charge >= 0.3 is 5.97 Å². The van der Waals surface area contributed by atoms with E-state index in [4.69, 9.17) is 4.74 Å². The molecular formula is C28H38O7. The SMILES string of the molecule is CC1CC(C(C)(O)C2C(O)CC3C4CC=C5C=CCC(=O)C5(C)C4CC(=O)C32CO)OC(=O)C1C. The van der Waals surface area contributed by atoms with E-state index < -0.39 is 47.1 Å². The highest BCUT2D eigenvalue weighted by Gasteiger charge is 2.71. The van der Waals surface area contributed by atoms with Crippen molar-refractivity contribution in [2.45, 2.75) is 77.6 Å². The minimum atomic E-state index is -1.70. The fraction of sp³-hybridized carbons (Fsp3) is 0.750. The molecular weight excluding hydrogens is 448 g/mol. The molecule has 192 valence electrons. The number of ketones is 2. The number of hydrogen-bond acceptors (Lipinski definition) is 7. The molecule has 35 heavy (non-hydrogen) atoms. The van der Waals surface area contributed by atoms with E-state index in [0.29, 0.717) is 19.3 Å². The van der Waals surface area contributed by atoms with E-state index in [1.807, 2.05) is 26.0 Å². The van der Waals surface area contributed by atoms with Crippen molar-refractivity contribution in [3.05, 3.63) is 23.8 Å². The summed E-state index contributed by atoms with van der Waals surface area (Å²) < 4.78 is 5.65. The van der Waals surface area contributed by atoms with Crippen LogP contribution in [0.15, 0.2) is 23.8 Å². The Balaban J connectivity index is 1.55. The van der Waals surface area contributed by atoms with Crippen molar-refractivity contribution in [1.82, 2.24) is 0 Å². The lowest BCUT2D eigenvalue weighted by Crippen LogP contribution is -2.64. The summed E-state index contributed by atoms with van der Waals surface area (Å²) in [5, 5.41) is 34.1. The molecule has 1 aliphatic heterocycles. The summed E-state index contributed by atoms with van der Waals surface area (Å²) >= 11 is 0. The zero-order valence-electron chi connectivity index (χ0n) is 21.1. The van der Waals surface area contributed by atoms with Gasteiger partial charge in [0.1, 0.15) is 23.3 Å². The molecule has 7 heteroatoms. The number of ether oxygens (including phenoxy) is 1. The van der Waals surface area contributed by atoms with Gasteiger partial charge in [-0.25, -0.2) is 0 Å². The van der Waals surface area contributed by atoms with E-state index in [2.05, 4.69) is 6.08 Å². The number of cyclic esters (lactones) is 1. The average molecular weight is 487 g/mol. The molecule has 3 fully saturated rings. The Morgan fingerprint density at radius 2 is 1.86 bits per heavy atom. The van der Waals surface area contributed by atoms with Crippen LogP contribution in [-0.4, -0.2) is 57.3 Å². The van der Waals surface area contributed by atoms with Crippen molar-refractivity contribution >= 4 is 17.5 Å². The average Bonchev–Trinajstić information content (AvgIpc) is 3.13. The molecule has 1 heterocycles. The maximum Gasteiger partial charge on any atom is 0.309 e. The smallest absolute Gasteiger partial charge is 0.309 e. The molecule has 7 nitrogen and oxygen atoms in total. The van der Waals surface area contributed by atoms with Crippen LogP contribution in [0, 0.1) is 46.3 Å². The molecule has 0 bridgehead atoms. The van der Waals surface area contributed by atoms with Crippen molar-refractivity contribution in [3.63, 3.8) is 0 Å². The van der Waals surface area contributed by atoms with Crippen molar-refractivity contribution in [2.24, 2.45) is 46.3 Å². The number of hydrogen-bond donors (Lipinski definition) is 3. The van der Waals surface area contributed by atoms with Gasteiger partial charge in [0.05, 0.1) is 29.5 Å². The third kappa shape index (κ3) is 3.17. The lowest BCUT2D eigenvalue weighted by atomic mass is 9.46. The first-order chi connectivity index (χ1) is 16.4. The van der Waals surface area contributed by atoms with Gasteiger partial charge in [0.25, 0.3) is 0 Å². The van der Waals surface area contributed by atoms with Gasteiger partial charge in [0.15, 0.2) is 0 Å². The highest BCUT2D eigenvalue weighted by molar-refractivity contribution is 5.94. The maximum absolute atomic E-state index is 14.0. The number of allylic oxidation sites excluding steroid dienone is 4. The van der Waals surface area contributed by atoms with Crippen molar-refractivity contribution in [2.75, 3.05) is 6.61 Å². The van der Waals surface area contributed by atoms with E-state index in [9.17, 15) is 29.7 Å². The van der Waals surface area contributed by atoms with Gasteiger partial charge in [-0.3, -0.25) is 14.4 Å². The standard InChI is InChI=1S/C28H38O7/c1-14-10-23(35-25(33)15(14)2)27(4,34)24-20(30)11-19-17-9-8-16-6-5-7-21(31)26(16,3)18(17)12-22(32)28(19,24)13-29/h5-6,8,14-15,17-20,23-24,29-30,34H,7,9-13H2,1-4H3. The lowest BCUT2D eigenvalue weighted by molar-refractivity contribution is -0.211. The molecule has 0 aromatic rings. The zero-order chi connectivity index (χ0) is 25.5. The van der Waals surface area contributed by atoms with Crippen molar-refractivity contribution in [1.29, 1.82) is 0 Å². The molecule has 5 aliphatic rings. The number of aliphatic hydroxyl groups is 3. The summed E-state index contributed by atoms with van der Waals surface area (Å²) in [6.45, 7) is 6.71. The van der Waals surface area contributed by atoms with E-state index in [0.717, 1.165) is 5.57 Å². The third-order valence-electron chi connectivity index (χ3n) is 10.8. The Bertz CT molecular complexity index is 1010. The summed E-state index contributed by atoms with van der Waals surface area (Å²) in [6.07, 6.45) is 5.80. The number of rotatable bonds is 3. The number of carbonyl (C=O) groups is 3. The molecule has 0 amide bonds. The summed E-state index contributed by atoms with van der Waals surface area (Å²) in [7, 11) is 0. The monoisotopic (exact) mass is 486 g/mol. The second kappa shape index (κ2) is 8.09. The number of carbonyl (C=O) groups excluding carboxylic acids is 3. The normalized spacial score (nSPS) is 48.9. The second-order valence-electron chi connectivity index (χ2n) is 12.3. The predicted molar refractivity (Wildman–Crippen MR) is 127 cm³/mol. The second-order valence-corrected chi connectivity index (χ2v) is 12.3. The fourth-order valence-corrected chi connectivity index (χ4v) is 8.55. The van der Waals surface area contributed by atoms with Crippen LogP contribution in [0.2, 0.25) is 0 Å². The topological polar surface area (TPSA) is 121 Å². The first-order valence-corrected chi connectivity index (χ1v) is 13.1. The van der Waals surface area contributed by atoms with Gasteiger partial charge in [-0.2, -0.15) is 0 Å². The molecule has 11 atom stereocenters. The van der Waals surface area contributed by atoms with E-state index in [1.54, 1.807) is 6.92 Å². The number of fused-ring (bicyclic) bond motifs is 5. The molecule has 11 unspecified atom stereocenters. The molecule has 3 N–H and O–H groups in total. The Kier molecular flexibility index (Phi) is 5.74. The zero-order valence-corrected chi connectivity index (χ0v) is 21.1. The van der Waals surface area contributed by atoms with Crippen LogP contribution in [0.25, 0.3) is 0 Å². The summed E-state index contributed by atoms with van der Waals surface area (Å²) in [4.78, 5) is 39.7. The predicted octanol–water partition coefficient (Wildman–Crippen LogP) is 2.37. The lowest BCUT2D eigenvalue weighted by Gasteiger charge is -2.57. The van der Waals surface area contributed by atoms with Crippen LogP contribution < -0.4 is 0 Å². The van der Waals surface area contributed by atoms with E-state index >= 15 is 0 Å². The molecule has 0 aromatic carbocycles. The molecule has 4 aliphatic carbocycles. The largest absolute Gasteiger partial charge is 0.459 e. The first kappa shape index (κ1) is 24.8. The van der Waals surface area contributed by atoms with Gasteiger partial charge in [0.2, 0.25) is 0 Å². The van der Waals surface area contributed by atoms with Crippen LogP contribution in [-0.2, 0) is 19.1 Å². The highest BCUT2D eigenvalue weighted by Crippen LogP contribution is 2.66. The molecule has 5 rings (SSSR count). The molecule has 0 radical (unpaired) electrons. The van der Waals surface area contributed by atoms with E-state index in [-0.39, 0.29) is 54.0 Å². The minimum Gasteiger partial charge on any atom is -0.459 e. The Labute approximate surface area is 206 Å². The fourth-order valence-electron chi connectivity index (χ4n) is 8.55. The van der Waals surface area contributed by atoms with Gasteiger partial charge in [-0.1, -0.05) is 32.1 Å². The third-order valence-corrected chi connectivity index (χ3v) is 10.8. The number of esters is 1. The molecule has 1 saturated heterocycles. The Hall–Kier alpha value is -1.83. The minimum absolute atomic E-state index is 0.0224. The molecule has 0 spiro atoms. The van der Waals surface area contributed by atoms with Gasteiger partial charge < -0.3 is 20.1 Å². The summed E-state index contributed by atoms with van der Waals surface area (Å²) in [5.41, 5.74) is -2.85. The van der Waals surface area contributed by atoms with Gasteiger partial charge in [0, 0.05) is 18.8 Å². The van der Waals surface area contributed by atoms with Crippen LogP contribution in [0.4, 0.5) is 0 Å². The highest BCUT2D eigenvalue weighted by atomic mass is 16.6. The number of aliphatic hydroxyl groups excluding tert-OH is 2. The quantitative estimate of drug-likeness (QED) is 0.524.